The fraction of sp³-hybridized carbons (Fsp3) is 0.857. The molecule has 0 radical (unpaired) electrons. The Kier molecular flexibility index (Phi) is 3.90. The van der Waals surface area contributed by atoms with Gasteiger partial charge in [0.05, 0.1) is 0 Å². The average Bonchev–Trinajstić information content (AvgIpc) is 2.82. The fourth-order valence-electron chi connectivity index (χ4n) is 7.37. The van der Waals surface area contributed by atoms with Crippen LogP contribution in [0.5, 0.6) is 0 Å². The minimum absolute atomic E-state index is 0.00450. The van der Waals surface area contributed by atoms with Crippen LogP contribution in [-0.4, -0.2) is 23.5 Å². The molecule has 4 saturated carbocycles. The van der Waals surface area contributed by atoms with Crippen LogP contribution >= 0.6 is 0 Å². The highest BCUT2D eigenvalue weighted by Crippen LogP contribution is 2.65. The second kappa shape index (κ2) is 5.65. The molecule has 0 aromatic rings. The van der Waals surface area contributed by atoms with Crippen LogP contribution in [-0.2, 0) is 14.4 Å². The molecule has 0 aromatic heterocycles. The lowest BCUT2D eigenvalue weighted by molar-refractivity contribution is -0.147. The molecule has 0 aromatic carbocycles. The van der Waals surface area contributed by atoms with Crippen molar-refractivity contribution in [3.05, 3.63) is 0 Å². The van der Waals surface area contributed by atoms with Crippen molar-refractivity contribution in [2.75, 3.05) is 0 Å². The first-order valence-corrected chi connectivity index (χ1v) is 10.0. The van der Waals surface area contributed by atoms with Gasteiger partial charge in [-0.15, -0.1) is 0 Å². The van der Waals surface area contributed by atoms with Crippen LogP contribution < -0.4 is 5.32 Å². The van der Waals surface area contributed by atoms with E-state index in [2.05, 4.69) is 19.2 Å². The summed E-state index contributed by atoms with van der Waals surface area (Å²) in [5, 5.41) is 3.14. The van der Waals surface area contributed by atoms with Gasteiger partial charge in [0.25, 0.3) is 0 Å². The average molecular weight is 345 g/mol. The van der Waals surface area contributed by atoms with Crippen molar-refractivity contribution >= 4 is 17.5 Å². The van der Waals surface area contributed by atoms with Crippen molar-refractivity contribution in [1.82, 2.24) is 5.32 Å². The van der Waals surface area contributed by atoms with Crippen LogP contribution in [0.2, 0.25) is 0 Å². The Bertz CT molecular complexity index is 627. The maximum absolute atomic E-state index is 12.3. The van der Waals surface area contributed by atoms with Crippen molar-refractivity contribution in [2.24, 2.45) is 34.5 Å². The molecule has 0 saturated heterocycles. The highest BCUT2D eigenvalue weighted by atomic mass is 16.1. The van der Waals surface area contributed by atoms with E-state index in [0.717, 1.165) is 38.5 Å². The zero-order valence-electron chi connectivity index (χ0n) is 15.8. The van der Waals surface area contributed by atoms with E-state index in [1.165, 1.54) is 0 Å². The smallest absolute Gasteiger partial charge is 0.217 e. The Labute approximate surface area is 150 Å². The molecule has 0 aliphatic heterocycles. The minimum Gasteiger partial charge on any atom is -0.353 e. The number of rotatable bonds is 1. The monoisotopic (exact) mass is 345 g/mol. The molecule has 1 unspecified atom stereocenters. The largest absolute Gasteiger partial charge is 0.353 e. The van der Waals surface area contributed by atoms with Gasteiger partial charge >= 0.3 is 0 Å². The summed E-state index contributed by atoms with van der Waals surface area (Å²) < 4.78 is 0. The zero-order chi connectivity index (χ0) is 18.0. The highest BCUT2D eigenvalue weighted by Gasteiger charge is 2.61. The van der Waals surface area contributed by atoms with Gasteiger partial charge in [0, 0.05) is 38.6 Å². The Morgan fingerprint density at radius 3 is 2.48 bits per heavy atom. The summed E-state index contributed by atoms with van der Waals surface area (Å²) in [5.41, 5.74) is 0.185. The molecule has 4 rings (SSSR count). The van der Waals surface area contributed by atoms with Crippen LogP contribution in [0.4, 0.5) is 0 Å². The van der Waals surface area contributed by atoms with Crippen LogP contribution in [0.3, 0.4) is 0 Å². The van der Waals surface area contributed by atoms with E-state index < -0.39 is 0 Å². The summed E-state index contributed by atoms with van der Waals surface area (Å²) in [6, 6.07) is -0.0366. The molecule has 4 heteroatoms. The third-order valence-corrected chi connectivity index (χ3v) is 8.57. The van der Waals surface area contributed by atoms with Gasteiger partial charge in [-0.05, 0) is 60.2 Å². The molecule has 0 spiro atoms. The normalized spacial score (nSPS) is 49.2. The Morgan fingerprint density at radius 2 is 1.76 bits per heavy atom. The Balaban J connectivity index is 1.69. The van der Waals surface area contributed by atoms with Gasteiger partial charge < -0.3 is 5.32 Å². The lowest BCUT2D eigenvalue weighted by atomic mass is 9.44. The molecule has 7 atom stereocenters. The number of carbonyl (C=O) groups is 3. The molecule has 4 aliphatic carbocycles. The SMILES string of the molecule is CC(=O)NC1CC(=O)C[C@@H]2CC[C@H]3[C@@H]4CC(=O)C[C@@]4(C)CC[C@@H]3[C@@]12C. The van der Waals surface area contributed by atoms with Crippen molar-refractivity contribution in [1.29, 1.82) is 0 Å². The molecule has 25 heavy (non-hydrogen) atoms. The third kappa shape index (κ3) is 2.50. The molecule has 138 valence electrons. The Morgan fingerprint density at radius 1 is 1.00 bits per heavy atom. The Hall–Kier alpha value is -1.19. The molecular weight excluding hydrogens is 314 g/mol. The predicted molar refractivity (Wildman–Crippen MR) is 94.7 cm³/mol. The van der Waals surface area contributed by atoms with Gasteiger partial charge in [-0.25, -0.2) is 0 Å². The van der Waals surface area contributed by atoms with Gasteiger partial charge in [0.2, 0.25) is 5.91 Å². The molecular formula is C21H31NO3. The first-order valence-electron chi connectivity index (χ1n) is 10.0. The maximum Gasteiger partial charge on any atom is 0.217 e. The van der Waals surface area contributed by atoms with Gasteiger partial charge in [-0.2, -0.15) is 0 Å². The number of hydrogen-bond acceptors (Lipinski definition) is 3. The molecule has 0 heterocycles. The van der Waals surface area contributed by atoms with E-state index in [1.807, 2.05) is 0 Å². The van der Waals surface area contributed by atoms with E-state index >= 15 is 0 Å². The number of fused-ring (bicyclic) bond motifs is 5. The number of amides is 1. The van der Waals surface area contributed by atoms with Crippen LogP contribution in [0, 0.1) is 34.5 Å². The van der Waals surface area contributed by atoms with Gasteiger partial charge in [0.15, 0.2) is 0 Å². The number of nitrogens with one attached hydrogen (secondary N) is 1. The molecule has 1 amide bonds. The summed E-state index contributed by atoms with van der Waals surface area (Å²) in [5.74, 6) is 2.71. The molecule has 1 N–H and O–H groups in total. The van der Waals surface area contributed by atoms with Crippen LogP contribution in [0.25, 0.3) is 0 Å². The van der Waals surface area contributed by atoms with E-state index in [1.54, 1.807) is 6.92 Å². The van der Waals surface area contributed by atoms with Gasteiger partial charge in [-0.1, -0.05) is 13.8 Å². The zero-order valence-corrected chi connectivity index (χ0v) is 15.8. The van der Waals surface area contributed by atoms with Gasteiger partial charge in [0.1, 0.15) is 11.6 Å². The van der Waals surface area contributed by atoms with Crippen molar-refractivity contribution in [2.45, 2.75) is 78.2 Å². The van der Waals surface area contributed by atoms with Crippen LogP contribution in [0.1, 0.15) is 72.1 Å². The lowest BCUT2D eigenvalue weighted by Crippen LogP contribution is -2.62. The highest BCUT2D eigenvalue weighted by molar-refractivity contribution is 5.83. The number of ketones is 2. The quantitative estimate of drug-likeness (QED) is 0.793. The summed E-state index contributed by atoms with van der Waals surface area (Å²) in [6.07, 6.45) is 7.15. The second-order valence-electron chi connectivity index (χ2n) is 9.83. The second-order valence-corrected chi connectivity index (χ2v) is 9.83. The first-order chi connectivity index (χ1) is 11.7. The maximum atomic E-state index is 12.3. The fourth-order valence-corrected chi connectivity index (χ4v) is 7.37. The number of hydrogen-bond donors (Lipinski definition) is 1. The van der Waals surface area contributed by atoms with E-state index in [-0.39, 0.29) is 22.8 Å². The molecule has 4 nitrogen and oxygen atoms in total. The molecule has 0 bridgehead atoms. The third-order valence-electron chi connectivity index (χ3n) is 8.57. The summed E-state index contributed by atoms with van der Waals surface area (Å²) in [4.78, 5) is 36.3. The van der Waals surface area contributed by atoms with E-state index in [0.29, 0.717) is 48.1 Å². The summed E-state index contributed by atoms with van der Waals surface area (Å²) in [7, 11) is 0. The lowest BCUT2D eigenvalue weighted by Gasteiger charge is -2.61. The standard InChI is InChI=1S/C21H31NO3/c1-12(23)22-19-10-14(24)8-13-4-5-16-17(21(13,19)3)6-7-20(2)11-15(25)9-18(16)20/h13,16-19H,4-11H2,1-3H3,(H,22,23)/t13-,16+,17-,18-,19?,20+,21-/m0/s1. The van der Waals surface area contributed by atoms with Gasteiger partial charge in [-0.3, -0.25) is 14.4 Å². The molecule has 4 aliphatic rings. The number of carbonyl (C=O) groups excluding carboxylic acids is 3. The minimum atomic E-state index is -0.0366. The van der Waals surface area contributed by atoms with Crippen molar-refractivity contribution in [3.63, 3.8) is 0 Å². The molecule has 4 fully saturated rings. The predicted octanol–water partition coefficient (Wildman–Crippen LogP) is 3.28. The van der Waals surface area contributed by atoms with Crippen LogP contribution in [0.15, 0.2) is 0 Å². The van der Waals surface area contributed by atoms with E-state index in [9.17, 15) is 14.4 Å². The van der Waals surface area contributed by atoms with Crippen molar-refractivity contribution < 1.29 is 14.4 Å². The summed E-state index contributed by atoms with van der Waals surface area (Å²) in [6.45, 7) is 6.22. The first kappa shape index (κ1) is 17.2. The summed E-state index contributed by atoms with van der Waals surface area (Å²) >= 11 is 0. The van der Waals surface area contributed by atoms with Crippen molar-refractivity contribution in [3.8, 4) is 0 Å². The van der Waals surface area contributed by atoms with E-state index in [4.69, 9.17) is 0 Å². The number of Topliss-reactive ketones (excluding diaryl/α,β-unsaturated/α-hetero) is 2. The topological polar surface area (TPSA) is 63.2 Å².